The maximum Gasteiger partial charge on any atom is 0.340 e. The van der Waals surface area contributed by atoms with Crippen LogP contribution < -0.4 is 0 Å². The third-order valence-electron chi connectivity index (χ3n) is 6.99. The van der Waals surface area contributed by atoms with E-state index in [4.69, 9.17) is 18.9 Å². The van der Waals surface area contributed by atoms with Gasteiger partial charge in [0.25, 0.3) is 0 Å². The fourth-order valence-electron chi connectivity index (χ4n) is 4.71. The van der Waals surface area contributed by atoms with E-state index in [0.29, 0.717) is 24.3 Å². The monoisotopic (exact) mass is 634 g/mol. The highest BCUT2D eigenvalue weighted by molar-refractivity contribution is 6.08. The van der Waals surface area contributed by atoms with Crippen LogP contribution in [0.2, 0.25) is 0 Å². The average Bonchev–Trinajstić information content (AvgIpc) is 2.99. The van der Waals surface area contributed by atoms with Crippen LogP contribution in [0.1, 0.15) is 31.1 Å². The van der Waals surface area contributed by atoms with Crippen LogP contribution in [0.15, 0.2) is 24.3 Å². The molecule has 0 amide bonds. The van der Waals surface area contributed by atoms with Crippen LogP contribution in [0.3, 0.4) is 0 Å². The molecule has 1 fully saturated rings. The summed E-state index contributed by atoms with van der Waals surface area (Å²) in [6, 6.07) is 2.45. The smallest absolute Gasteiger partial charge is 0.340 e. The van der Waals surface area contributed by atoms with E-state index >= 15 is 0 Å². The number of hydrogen-bond acceptors (Lipinski definition) is 18. The van der Waals surface area contributed by atoms with Crippen molar-refractivity contribution in [2.75, 3.05) is 6.61 Å². The van der Waals surface area contributed by atoms with Gasteiger partial charge in [-0.3, -0.25) is 0 Å². The normalized spacial score (nSPS) is 22.9. The predicted molar refractivity (Wildman–Crippen MR) is 139 cm³/mol. The van der Waals surface area contributed by atoms with Crippen LogP contribution in [-0.4, -0.2) is 111 Å². The largest absolute Gasteiger partial charge is 0.504 e. The maximum absolute atomic E-state index is 13.5. The SMILES string of the molecule is O=C(O[C@@H]1O[C@H]2COC(=O)c3cc(O)c(O)c(O)c3-c3c(cc(O)c(O)c3O)C(=O)O[C@H]([C@H]1O)[C@@H]2O)c1cc(O)c(O)c(O)c1. The van der Waals surface area contributed by atoms with E-state index in [1.807, 2.05) is 0 Å². The lowest BCUT2D eigenvalue weighted by molar-refractivity contribution is -0.284. The first-order valence-corrected chi connectivity index (χ1v) is 12.5. The molecule has 0 aliphatic carbocycles. The molecule has 11 N–H and O–H groups in total. The Kier molecular flexibility index (Phi) is 7.49. The Morgan fingerprint density at radius 2 is 1.16 bits per heavy atom. The molecule has 2 aliphatic heterocycles. The fourth-order valence-corrected chi connectivity index (χ4v) is 4.71. The van der Waals surface area contributed by atoms with Gasteiger partial charge in [-0.15, -0.1) is 0 Å². The summed E-state index contributed by atoms with van der Waals surface area (Å²) in [6.07, 6.45) is -10.2. The van der Waals surface area contributed by atoms with E-state index < -0.39 is 135 Å². The third-order valence-corrected chi connectivity index (χ3v) is 6.99. The number of aliphatic hydroxyl groups excluding tert-OH is 2. The van der Waals surface area contributed by atoms with Gasteiger partial charge in [0.2, 0.25) is 17.8 Å². The molecule has 0 spiro atoms. The predicted octanol–water partition coefficient (Wildman–Crippen LogP) is -0.297. The molecule has 2 aliphatic rings. The van der Waals surface area contributed by atoms with Crippen molar-refractivity contribution in [3.8, 4) is 62.9 Å². The summed E-state index contributed by atoms with van der Waals surface area (Å²) in [7, 11) is 0. The Balaban J connectivity index is 1.61. The van der Waals surface area contributed by atoms with Crippen molar-refractivity contribution < 1.29 is 89.5 Å². The van der Waals surface area contributed by atoms with Crippen molar-refractivity contribution in [3.63, 3.8) is 0 Å². The van der Waals surface area contributed by atoms with Crippen LogP contribution in [0, 0.1) is 0 Å². The first-order valence-electron chi connectivity index (χ1n) is 12.5. The molecule has 5 rings (SSSR count). The minimum absolute atomic E-state index is 0.508. The van der Waals surface area contributed by atoms with Gasteiger partial charge in [-0.1, -0.05) is 0 Å². The first-order chi connectivity index (χ1) is 21.1. The molecular formula is C27H22O18. The molecule has 0 unspecified atom stereocenters. The molecule has 18 nitrogen and oxygen atoms in total. The summed E-state index contributed by atoms with van der Waals surface area (Å²) in [6.45, 7) is -0.947. The average molecular weight is 634 g/mol. The molecule has 5 atom stereocenters. The second kappa shape index (κ2) is 11.0. The topological polar surface area (TPSA) is 311 Å². The minimum Gasteiger partial charge on any atom is -0.504 e. The van der Waals surface area contributed by atoms with Crippen LogP contribution in [0.4, 0.5) is 0 Å². The number of fused-ring (bicyclic) bond motifs is 5. The van der Waals surface area contributed by atoms with Gasteiger partial charge in [-0.05, 0) is 24.3 Å². The second-order valence-electron chi connectivity index (χ2n) is 9.79. The van der Waals surface area contributed by atoms with Gasteiger partial charge < -0.3 is 75.1 Å². The van der Waals surface area contributed by atoms with Crippen molar-refractivity contribution >= 4 is 17.9 Å². The van der Waals surface area contributed by atoms with Gasteiger partial charge in [0, 0.05) is 11.1 Å². The molecule has 1 saturated heterocycles. The lowest BCUT2D eigenvalue weighted by atomic mass is 9.91. The molecule has 3 aromatic carbocycles. The highest BCUT2D eigenvalue weighted by Crippen LogP contribution is 2.53. The van der Waals surface area contributed by atoms with Crippen molar-refractivity contribution in [3.05, 3.63) is 41.0 Å². The highest BCUT2D eigenvalue weighted by atomic mass is 16.7. The Morgan fingerprint density at radius 3 is 1.69 bits per heavy atom. The molecule has 0 saturated carbocycles. The number of carbonyl (C=O) groups is 3. The summed E-state index contributed by atoms with van der Waals surface area (Å²) in [5, 5.41) is 113. The molecule has 45 heavy (non-hydrogen) atoms. The minimum atomic E-state index is -2.22. The Labute approximate surface area is 248 Å². The quantitative estimate of drug-likeness (QED) is 0.0979. The molecule has 2 bridgehead atoms. The van der Waals surface area contributed by atoms with Crippen molar-refractivity contribution in [2.45, 2.75) is 30.7 Å². The van der Waals surface area contributed by atoms with Gasteiger partial charge in [-0.2, -0.15) is 0 Å². The Bertz CT molecular complexity index is 1730. The summed E-state index contributed by atoms with van der Waals surface area (Å²) in [4.78, 5) is 39.4. The van der Waals surface area contributed by atoms with E-state index in [-0.39, 0.29) is 0 Å². The van der Waals surface area contributed by atoms with Gasteiger partial charge in [-0.25, -0.2) is 14.4 Å². The van der Waals surface area contributed by atoms with Crippen LogP contribution >= 0.6 is 0 Å². The Morgan fingerprint density at radius 1 is 0.667 bits per heavy atom. The van der Waals surface area contributed by atoms with Crippen LogP contribution in [-0.2, 0) is 18.9 Å². The second-order valence-corrected chi connectivity index (χ2v) is 9.79. The van der Waals surface area contributed by atoms with Crippen LogP contribution in [0.25, 0.3) is 11.1 Å². The van der Waals surface area contributed by atoms with Crippen LogP contribution in [0.5, 0.6) is 51.7 Å². The molecular weight excluding hydrogens is 612 g/mol. The molecule has 18 heteroatoms. The highest BCUT2D eigenvalue weighted by Gasteiger charge is 2.50. The number of phenols is 9. The van der Waals surface area contributed by atoms with Gasteiger partial charge in [0.15, 0.2) is 52.5 Å². The number of aromatic hydroxyl groups is 9. The van der Waals surface area contributed by atoms with Gasteiger partial charge in [0.05, 0.1) is 16.7 Å². The zero-order valence-corrected chi connectivity index (χ0v) is 22.2. The molecule has 0 radical (unpaired) electrons. The first kappa shape index (κ1) is 30.6. The standard InChI is InChI=1S/C27H22O18/c28-9-1-6(2-10(29)16(9)32)24(39)45-27-22(38)23-19(35)13(43-27)5-42-25(40)7-3-11(30)17(33)20(36)14(7)15-8(26(41)44-23)4-12(31)18(34)21(15)37/h1-4,13,19,22-23,27-38H,5H2/t13-,19+,22+,23-,27-/m0/s1. The zero-order chi connectivity index (χ0) is 33.1. The van der Waals surface area contributed by atoms with E-state index in [1.165, 1.54) is 0 Å². The maximum atomic E-state index is 13.5. The molecule has 238 valence electrons. The number of carbonyl (C=O) groups excluding carboxylic acids is 3. The van der Waals surface area contributed by atoms with E-state index in [2.05, 4.69) is 0 Å². The molecule has 3 aromatic rings. The lowest BCUT2D eigenvalue weighted by Crippen LogP contribution is -2.61. The Hall–Kier alpha value is -5.85. The summed E-state index contributed by atoms with van der Waals surface area (Å²) >= 11 is 0. The fraction of sp³-hybridized carbons (Fsp3) is 0.222. The number of esters is 3. The number of aliphatic hydroxyl groups is 2. The summed E-state index contributed by atoms with van der Waals surface area (Å²) in [5.74, 6) is -14.5. The van der Waals surface area contributed by atoms with E-state index in [9.17, 15) is 70.6 Å². The number of ether oxygens (including phenoxy) is 4. The number of hydrogen-bond donors (Lipinski definition) is 11. The number of rotatable bonds is 2. The third kappa shape index (κ3) is 5.07. The van der Waals surface area contributed by atoms with E-state index in [0.717, 1.165) is 0 Å². The lowest BCUT2D eigenvalue weighted by Gasteiger charge is -2.41. The van der Waals surface area contributed by atoms with Crippen molar-refractivity contribution in [1.82, 2.24) is 0 Å². The van der Waals surface area contributed by atoms with Crippen molar-refractivity contribution in [2.24, 2.45) is 0 Å². The van der Waals surface area contributed by atoms with E-state index in [1.54, 1.807) is 0 Å². The molecule has 0 aromatic heterocycles. The number of benzene rings is 3. The van der Waals surface area contributed by atoms with Gasteiger partial charge in [0.1, 0.15) is 18.8 Å². The zero-order valence-electron chi connectivity index (χ0n) is 22.2. The number of phenolic OH excluding ortho intramolecular Hbond substituents is 9. The number of cyclic esters (lactones) is 1. The van der Waals surface area contributed by atoms with Crippen molar-refractivity contribution in [1.29, 1.82) is 0 Å². The molecule has 2 heterocycles. The summed E-state index contributed by atoms with van der Waals surface area (Å²) < 4.78 is 20.8. The van der Waals surface area contributed by atoms with Gasteiger partial charge >= 0.3 is 17.9 Å². The summed E-state index contributed by atoms with van der Waals surface area (Å²) in [5.41, 5.74) is -4.12.